The fourth-order valence-corrected chi connectivity index (χ4v) is 2.66. The lowest BCUT2D eigenvalue weighted by atomic mass is 10.2. The Hall–Kier alpha value is -2.29. The van der Waals surface area contributed by atoms with Gasteiger partial charge in [-0.25, -0.2) is 9.89 Å². The Kier molecular flexibility index (Phi) is 5.19. The molecule has 0 atom stereocenters. The molecule has 1 N–H and O–H groups in total. The number of halogens is 2. The molecule has 3 aromatic carbocycles. The lowest BCUT2D eigenvalue weighted by molar-refractivity contribution is -0.404. The van der Waals surface area contributed by atoms with Crippen molar-refractivity contribution in [1.82, 2.24) is 0 Å². The molecular weight excluding hydrogens is 339 g/mol. The van der Waals surface area contributed by atoms with E-state index in [9.17, 15) is 0 Å². The maximum absolute atomic E-state index is 6.00. The van der Waals surface area contributed by atoms with Crippen molar-refractivity contribution in [2.24, 2.45) is 0 Å². The van der Waals surface area contributed by atoms with Gasteiger partial charge in [-0.05, 0) is 60.7 Å². The highest BCUT2D eigenvalue weighted by atomic mass is 35.5. The van der Waals surface area contributed by atoms with Crippen LogP contribution in [0, 0.1) is 0 Å². The summed E-state index contributed by atoms with van der Waals surface area (Å²) >= 11 is 12.0. The average molecular weight is 356 g/mol. The number of amidine groups is 1. The van der Waals surface area contributed by atoms with Crippen molar-refractivity contribution < 1.29 is 4.58 Å². The fraction of sp³-hybridized carbons (Fsp3) is 0.0500. The van der Waals surface area contributed by atoms with Crippen molar-refractivity contribution in [1.29, 1.82) is 0 Å². The van der Waals surface area contributed by atoms with E-state index in [0.29, 0.717) is 5.02 Å². The second-order valence-electron chi connectivity index (χ2n) is 5.38. The molecule has 4 heteroatoms. The van der Waals surface area contributed by atoms with Gasteiger partial charge in [0.1, 0.15) is 11.4 Å². The molecule has 2 nitrogen and oxygen atoms in total. The number of nitrogens with one attached hydrogen (secondary N) is 1. The predicted octanol–water partition coefficient (Wildman–Crippen LogP) is 5.83. The number of hydrogen-bond donors (Lipinski definition) is 1. The minimum Gasteiger partial charge on any atom is -0.240 e. The highest BCUT2D eigenvalue weighted by Gasteiger charge is 2.16. The number of anilines is 1. The van der Waals surface area contributed by atoms with E-state index in [2.05, 4.69) is 22.0 Å². The molecule has 0 fully saturated rings. The van der Waals surface area contributed by atoms with E-state index in [1.54, 1.807) is 0 Å². The summed E-state index contributed by atoms with van der Waals surface area (Å²) in [6.45, 7) is 0. The molecule has 0 saturated heterocycles. The third-order valence-electron chi connectivity index (χ3n) is 3.70. The Labute approximate surface area is 152 Å². The summed E-state index contributed by atoms with van der Waals surface area (Å²) in [6.07, 6.45) is 0. The molecule has 0 aliphatic carbocycles. The summed E-state index contributed by atoms with van der Waals surface area (Å²) in [5, 5.41) is 4.92. The van der Waals surface area contributed by atoms with Crippen molar-refractivity contribution in [3.63, 3.8) is 0 Å². The van der Waals surface area contributed by atoms with E-state index in [4.69, 9.17) is 23.2 Å². The summed E-state index contributed by atoms with van der Waals surface area (Å²) in [6, 6.07) is 25.6. The van der Waals surface area contributed by atoms with Crippen LogP contribution in [0.2, 0.25) is 10.0 Å². The maximum Gasteiger partial charge on any atom is 0.287 e. The first kappa shape index (κ1) is 16.6. The van der Waals surface area contributed by atoms with E-state index in [1.165, 1.54) is 0 Å². The van der Waals surface area contributed by atoms with Gasteiger partial charge in [0.2, 0.25) is 0 Å². The molecule has 0 bridgehead atoms. The van der Waals surface area contributed by atoms with Crippen LogP contribution in [0.4, 0.5) is 11.4 Å². The molecule has 0 aliphatic heterocycles. The lowest BCUT2D eigenvalue weighted by Gasteiger charge is -2.10. The standard InChI is InChI=1S/C20H16Cl2N2/c1-24(19-13-9-17(22)10-14-19)20(15-5-3-2-4-6-15)23-18-11-7-16(21)8-12-18/h2-14H,1H3/p+1. The minimum atomic E-state index is 0.716. The normalized spacial score (nSPS) is 11.8. The van der Waals surface area contributed by atoms with Crippen LogP contribution in [0.15, 0.2) is 78.9 Å². The Balaban J connectivity index is 2.06. The highest BCUT2D eigenvalue weighted by molar-refractivity contribution is 6.31. The number of rotatable bonds is 3. The Bertz CT molecular complexity index is 839. The fourth-order valence-electron chi connectivity index (χ4n) is 2.41. The van der Waals surface area contributed by atoms with Gasteiger partial charge >= 0.3 is 0 Å². The summed E-state index contributed by atoms with van der Waals surface area (Å²) in [5.41, 5.74) is 3.10. The van der Waals surface area contributed by atoms with Gasteiger partial charge in [-0.1, -0.05) is 41.4 Å². The van der Waals surface area contributed by atoms with E-state index in [-0.39, 0.29) is 0 Å². The molecule has 120 valence electrons. The van der Waals surface area contributed by atoms with Crippen molar-refractivity contribution in [2.75, 3.05) is 12.4 Å². The minimum absolute atomic E-state index is 0.716. The maximum atomic E-state index is 6.00. The molecule has 0 heterocycles. The second-order valence-corrected chi connectivity index (χ2v) is 6.25. The van der Waals surface area contributed by atoms with E-state index >= 15 is 0 Å². The van der Waals surface area contributed by atoms with Gasteiger partial charge in [0.15, 0.2) is 0 Å². The largest absolute Gasteiger partial charge is 0.287 e. The van der Waals surface area contributed by atoms with Crippen molar-refractivity contribution in [2.45, 2.75) is 0 Å². The highest BCUT2D eigenvalue weighted by Crippen LogP contribution is 2.19. The molecule has 0 amide bonds. The number of hydrogen-bond acceptors (Lipinski definition) is 0. The zero-order valence-corrected chi connectivity index (χ0v) is 14.7. The first-order chi connectivity index (χ1) is 11.6. The first-order valence-corrected chi connectivity index (χ1v) is 8.33. The van der Waals surface area contributed by atoms with Crippen LogP contribution in [0.1, 0.15) is 5.56 Å². The molecule has 0 radical (unpaired) electrons. The van der Waals surface area contributed by atoms with Crippen LogP contribution in [0.5, 0.6) is 0 Å². The van der Waals surface area contributed by atoms with Crippen LogP contribution in [0.25, 0.3) is 0 Å². The Morgan fingerprint density at radius 2 is 1.29 bits per heavy atom. The van der Waals surface area contributed by atoms with Crippen molar-refractivity contribution in [3.8, 4) is 0 Å². The molecule has 0 aliphatic rings. The van der Waals surface area contributed by atoms with Gasteiger partial charge in [-0.2, -0.15) is 0 Å². The molecule has 3 aromatic rings. The lowest BCUT2D eigenvalue weighted by Crippen LogP contribution is -2.23. The van der Waals surface area contributed by atoms with E-state index in [1.807, 2.05) is 73.8 Å². The number of benzene rings is 3. The molecule has 0 unspecified atom stereocenters. The predicted molar refractivity (Wildman–Crippen MR) is 103 cm³/mol. The van der Waals surface area contributed by atoms with Crippen LogP contribution < -0.4 is 5.32 Å². The van der Waals surface area contributed by atoms with E-state index < -0.39 is 0 Å². The second kappa shape index (κ2) is 7.52. The molecule has 3 rings (SSSR count). The van der Waals surface area contributed by atoms with Crippen molar-refractivity contribution >= 4 is 40.4 Å². The summed E-state index contributed by atoms with van der Waals surface area (Å²) in [4.78, 5) is 0. The van der Waals surface area contributed by atoms with Gasteiger partial charge in [-0.3, -0.25) is 0 Å². The SMILES string of the molecule is C[N+](=C(Nc1ccc(Cl)cc1)c1ccccc1)c1ccc(Cl)cc1. The summed E-state index contributed by atoms with van der Waals surface area (Å²) in [5.74, 6) is 0.972. The average Bonchev–Trinajstić information content (AvgIpc) is 2.62. The van der Waals surface area contributed by atoms with Gasteiger partial charge in [-0.15, -0.1) is 0 Å². The topological polar surface area (TPSA) is 15.0 Å². The molecular formula is C20H17Cl2N2+. The molecule has 0 saturated carbocycles. The monoisotopic (exact) mass is 355 g/mol. The smallest absolute Gasteiger partial charge is 0.240 e. The van der Waals surface area contributed by atoms with Crippen LogP contribution in [-0.4, -0.2) is 17.5 Å². The van der Waals surface area contributed by atoms with Gasteiger partial charge < -0.3 is 0 Å². The zero-order chi connectivity index (χ0) is 16.9. The van der Waals surface area contributed by atoms with Crippen LogP contribution in [0.3, 0.4) is 0 Å². The van der Waals surface area contributed by atoms with Gasteiger partial charge in [0.25, 0.3) is 5.84 Å². The van der Waals surface area contributed by atoms with Crippen molar-refractivity contribution in [3.05, 3.63) is 94.5 Å². The molecule has 24 heavy (non-hydrogen) atoms. The summed E-state index contributed by atoms with van der Waals surface area (Å²) < 4.78 is 2.10. The number of nitrogens with zero attached hydrogens (tertiary/aromatic N) is 1. The Morgan fingerprint density at radius 3 is 1.88 bits per heavy atom. The zero-order valence-electron chi connectivity index (χ0n) is 13.2. The van der Waals surface area contributed by atoms with Gasteiger partial charge in [0, 0.05) is 10.0 Å². The first-order valence-electron chi connectivity index (χ1n) is 7.58. The van der Waals surface area contributed by atoms with Gasteiger partial charge in [0.05, 0.1) is 12.6 Å². The third-order valence-corrected chi connectivity index (χ3v) is 4.21. The van der Waals surface area contributed by atoms with E-state index in [0.717, 1.165) is 27.8 Å². The molecule has 0 aromatic heterocycles. The van der Waals surface area contributed by atoms with Crippen LogP contribution in [-0.2, 0) is 0 Å². The van der Waals surface area contributed by atoms with Crippen LogP contribution >= 0.6 is 23.2 Å². The Morgan fingerprint density at radius 1 is 0.750 bits per heavy atom. The molecule has 0 spiro atoms. The summed E-state index contributed by atoms with van der Waals surface area (Å²) in [7, 11) is 2.02. The quantitative estimate of drug-likeness (QED) is 0.355. The third kappa shape index (κ3) is 3.97.